The van der Waals surface area contributed by atoms with Gasteiger partial charge in [0, 0.05) is 5.69 Å². The number of carbonyl (C=O) groups excluding carboxylic acids is 1. The third-order valence-corrected chi connectivity index (χ3v) is 4.33. The summed E-state index contributed by atoms with van der Waals surface area (Å²) in [7, 11) is 1.27. The molecule has 0 unspecified atom stereocenters. The SMILES string of the molecule is COC(=O)c1cc2c(c(F)c1Nc1ccccc1C)[SH]C=N2. The summed E-state index contributed by atoms with van der Waals surface area (Å²) >= 11 is 0.679. The lowest BCUT2D eigenvalue weighted by molar-refractivity contribution is 0.0601. The number of methoxy groups -OCH3 is 1. The van der Waals surface area contributed by atoms with Crippen LogP contribution in [0, 0.1) is 12.7 Å². The molecule has 0 amide bonds. The van der Waals surface area contributed by atoms with E-state index in [-0.39, 0.29) is 11.3 Å². The van der Waals surface area contributed by atoms with E-state index in [0.717, 1.165) is 11.3 Å². The molecule has 1 heterocycles. The molecule has 113 valence electrons. The van der Waals surface area contributed by atoms with E-state index in [0.29, 0.717) is 22.3 Å². The summed E-state index contributed by atoms with van der Waals surface area (Å²) in [5, 5.41) is 3.02. The highest BCUT2D eigenvalue weighted by Gasteiger charge is 2.24. The van der Waals surface area contributed by atoms with Crippen LogP contribution in [-0.4, -0.2) is 18.6 Å². The second-order valence-corrected chi connectivity index (χ2v) is 5.72. The van der Waals surface area contributed by atoms with Crippen LogP contribution in [0.3, 0.4) is 0 Å². The lowest BCUT2D eigenvalue weighted by atomic mass is 10.1. The number of nitrogens with one attached hydrogen (secondary N) is 1. The number of ether oxygens (including phenoxy) is 1. The first-order valence-corrected chi connectivity index (χ1v) is 7.59. The topological polar surface area (TPSA) is 50.7 Å². The van der Waals surface area contributed by atoms with E-state index < -0.39 is 11.8 Å². The number of hydrogen-bond donors (Lipinski definition) is 2. The summed E-state index contributed by atoms with van der Waals surface area (Å²) in [5.41, 5.74) is 4.02. The number of rotatable bonds is 3. The highest BCUT2D eigenvalue weighted by atomic mass is 32.2. The molecule has 1 N–H and O–H groups in total. The second kappa shape index (κ2) is 5.81. The second-order valence-electron chi connectivity index (χ2n) is 4.79. The predicted octanol–water partition coefficient (Wildman–Crippen LogP) is 4.16. The van der Waals surface area contributed by atoms with Crippen molar-refractivity contribution >= 4 is 40.3 Å². The van der Waals surface area contributed by atoms with Crippen LogP contribution < -0.4 is 5.32 Å². The van der Waals surface area contributed by atoms with E-state index in [1.165, 1.54) is 7.11 Å². The number of hydrogen-bond acceptors (Lipinski definition) is 4. The fourth-order valence-electron chi connectivity index (χ4n) is 2.24. The van der Waals surface area contributed by atoms with Crippen LogP contribution in [-0.2, 0) is 4.74 Å². The third kappa shape index (κ3) is 2.46. The van der Waals surface area contributed by atoms with Gasteiger partial charge in [0.05, 0.1) is 34.5 Å². The van der Waals surface area contributed by atoms with Crippen LogP contribution in [0.4, 0.5) is 21.5 Å². The summed E-state index contributed by atoms with van der Waals surface area (Å²) in [6, 6.07) is 9.04. The van der Waals surface area contributed by atoms with Gasteiger partial charge in [0.25, 0.3) is 0 Å². The molecule has 1 radical (unpaired) electrons. The number of benzene rings is 2. The smallest absolute Gasteiger partial charge is 0.340 e. The Morgan fingerprint density at radius 1 is 1.36 bits per heavy atom. The molecule has 0 atom stereocenters. The van der Waals surface area contributed by atoms with Crippen molar-refractivity contribution in [3.05, 3.63) is 47.3 Å². The number of para-hydroxylation sites is 1. The molecule has 4 nitrogen and oxygen atoms in total. The summed E-state index contributed by atoms with van der Waals surface area (Å²) in [6.07, 6.45) is 0. The summed E-state index contributed by atoms with van der Waals surface area (Å²) in [4.78, 5) is 16.5. The fourth-order valence-corrected chi connectivity index (χ4v) is 3.01. The number of halogens is 1. The molecule has 0 bridgehead atoms. The van der Waals surface area contributed by atoms with Gasteiger partial charge in [0.15, 0.2) is 5.82 Å². The molecule has 3 rings (SSSR count). The van der Waals surface area contributed by atoms with Crippen molar-refractivity contribution in [1.29, 1.82) is 0 Å². The standard InChI is InChI=1S/C16H14FN2O2S/c1-9-5-3-4-6-11(9)19-14-10(16(20)21-2)7-12-15(13(14)17)22-8-18-12/h3-8,19,22H,1-2H3. The van der Waals surface area contributed by atoms with Crippen molar-refractivity contribution in [2.24, 2.45) is 4.99 Å². The maximum absolute atomic E-state index is 14.8. The largest absolute Gasteiger partial charge is 0.465 e. The van der Waals surface area contributed by atoms with Gasteiger partial charge in [0.1, 0.15) is 0 Å². The molecule has 0 aliphatic carbocycles. The Labute approximate surface area is 131 Å². The lowest BCUT2D eigenvalue weighted by Crippen LogP contribution is -2.08. The Morgan fingerprint density at radius 2 is 2.14 bits per heavy atom. The fraction of sp³-hybridized carbons (Fsp3) is 0.125. The Kier molecular flexibility index (Phi) is 3.85. The lowest BCUT2D eigenvalue weighted by Gasteiger charge is -2.15. The first-order chi connectivity index (χ1) is 10.6. The molecule has 0 aromatic heterocycles. The molecule has 0 saturated heterocycles. The van der Waals surface area contributed by atoms with Crippen molar-refractivity contribution in [2.45, 2.75) is 11.8 Å². The van der Waals surface area contributed by atoms with Gasteiger partial charge < -0.3 is 10.1 Å². The maximum atomic E-state index is 14.8. The number of thiol groups is 1. The first kappa shape index (κ1) is 14.6. The molecule has 2 aromatic rings. The molecule has 1 aliphatic heterocycles. The first-order valence-electron chi connectivity index (χ1n) is 6.62. The molecular formula is C16H14FN2O2S. The normalized spacial score (nSPS) is 12.1. The molecule has 6 heteroatoms. The minimum atomic E-state index is -0.600. The minimum absolute atomic E-state index is 0.123. The van der Waals surface area contributed by atoms with Gasteiger partial charge in [-0.3, -0.25) is 0 Å². The van der Waals surface area contributed by atoms with Crippen LogP contribution in [0.15, 0.2) is 40.2 Å². The summed E-state index contributed by atoms with van der Waals surface area (Å²) in [5.74, 6) is -1.07. The molecule has 0 saturated carbocycles. The van der Waals surface area contributed by atoms with Crippen molar-refractivity contribution in [3.63, 3.8) is 0 Å². The monoisotopic (exact) mass is 317 g/mol. The van der Waals surface area contributed by atoms with E-state index in [1.807, 2.05) is 31.2 Å². The Bertz CT molecular complexity index is 790. The van der Waals surface area contributed by atoms with Gasteiger partial charge in [-0.25, -0.2) is 14.2 Å². The van der Waals surface area contributed by atoms with Crippen molar-refractivity contribution in [3.8, 4) is 0 Å². The van der Waals surface area contributed by atoms with Crippen LogP contribution in [0.5, 0.6) is 0 Å². The molecular weight excluding hydrogens is 303 g/mol. The molecule has 22 heavy (non-hydrogen) atoms. The Hall–Kier alpha value is -2.34. The van der Waals surface area contributed by atoms with Crippen LogP contribution in [0.2, 0.25) is 0 Å². The third-order valence-electron chi connectivity index (χ3n) is 3.41. The number of nitrogens with zero attached hydrogens (tertiary/aromatic N) is 1. The zero-order chi connectivity index (χ0) is 15.7. The van der Waals surface area contributed by atoms with Gasteiger partial charge in [-0.15, -0.1) is 11.8 Å². The number of carbonyl (C=O) groups is 1. The molecule has 0 fully saturated rings. The van der Waals surface area contributed by atoms with E-state index >= 15 is 0 Å². The van der Waals surface area contributed by atoms with E-state index in [1.54, 1.807) is 11.6 Å². The molecule has 2 aromatic carbocycles. The number of aryl methyl sites for hydroxylation is 1. The minimum Gasteiger partial charge on any atom is -0.465 e. The molecule has 1 aliphatic rings. The maximum Gasteiger partial charge on any atom is 0.340 e. The highest BCUT2D eigenvalue weighted by molar-refractivity contribution is 8.12. The molecule has 0 spiro atoms. The van der Waals surface area contributed by atoms with Gasteiger partial charge in [0.2, 0.25) is 0 Å². The quantitative estimate of drug-likeness (QED) is 0.660. The predicted molar refractivity (Wildman–Crippen MR) is 87.6 cm³/mol. The zero-order valence-electron chi connectivity index (χ0n) is 12.1. The van der Waals surface area contributed by atoms with E-state index in [2.05, 4.69) is 10.3 Å². The highest BCUT2D eigenvalue weighted by Crippen LogP contribution is 2.42. The number of esters is 1. The van der Waals surface area contributed by atoms with E-state index in [4.69, 9.17) is 4.74 Å². The zero-order valence-corrected chi connectivity index (χ0v) is 12.9. The summed E-state index contributed by atoms with van der Waals surface area (Å²) in [6.45, 7) is 1.91. The summed E-state index contributed by atoms with van der Waals surface area (Å²) < 4.78 is 19.6. The van der Waals surface area contributed by atoms with Crippen LogP contribution in [0.25, 0.3) is 0 Å². The number of anilines is 2. The van der Waals surface area contributed by atoms with Gasteiger partial charge in [-0.1, -0.05) is 18.2 Å². The van der Waals surface area contributed by atoms with Crippen molar-refractivity contribution in [1.82, 2.24) is 0 Å². The average Bonchev–Trinajstić information content (AvgIpc) is 2.99. The van der Waals surface area contributed by atoms with Crippen molar-refractivity contribution < 1.29 is 13.9 Å². The van der Waals surface area contributed by atoms with E-state index in [9.17, 15) is 9.18 Å². The number of aliphatic imine (C=N–C) groups is 1. The van der Waals surface area contributed by atoms with Gasteiger partial charge in [-0.2, -0.15) is 0 Å². The van der Waals surface area contributed by atoms with Crippen LogP contribution in [0.1, 0.15) is 15.9 Å². The Balaban J connectivity index is 2.14. The number of fused-ring (bicyclic) bond motifs is 1. The van der Waals surface area contributed by atoms with Gasteiger partial charge >= 0.3 is 5.97 Å². The van der Waals surface area contributed by atoms with Crippen molar-refractivity contribution in [2.75, 3.05) is 12.4 Å². The Morgan fingerprint density at radius 3 is 2.86 bits per heavy atom. The van der Waals surface area contributed by atoms with Gasteiger partial charge in [-0.05, 0) is 24.6 Å². The van der Waals surface area contributed by atoms with Crippen LogP contribution >= 0.6 is 11.8 Å². The average molecular weight is 317 g/mol.